The van der Waals surface area contributed by atoms with Crippen molar-refractivity contribution in [2.75, 3.05) is 12.3 Å². The molecule has 2 aliphatic heterocycles. The SMILES string of the molecule is CCCc1nc(C2CSC(C)C(C)S2)nc2c1CCNC2. The Morgan fingerprint density at radius 1 is 1.24 bits per heavy atom. The highest BCUT2D eigenvalue weighted by Gasteiger charge is 2.29. The summed E-state index contributed by atoms with van der Waals surface area (Å²) in [6.07, 6.45) is 3.34. The van der Waals surface area contributed by atoms with Gasteiger partial charge in [-0.25, -0.2) is 9.97 Å². The van der Waals surface area contributed by atoms with E-state index in [-0.39, 0.29) is 0 Å². The van der Waals surface area contributed by atoms with Crippen molar-refractivity contribution in [2.24, 2.45) is 0 Å². The number of hydrogen-bond donors (Lipinski definition) is 1. The fourth-order valence-corrected chi connectivity index (χ4v) is 5.81. The molecule has 1 saturated heterocycles. The summed E-state index contributed by atoms with van der Waals surface area (Å²) in [5, 5.41) is 5.33. The monoisotopic (exact) mass is 323 g/mol. The van der Waals surface area contributed by atoms with Gasteiger partial charge in [-0.2, -0.15) is 11.8 Å². The first-order valence-electron chi connectivity index (χ1n) is 8.05. The summed E-state index contributed by atoms with van der Waals surface area (Å²) in [6, 6.07) is 0. The molecule has 3 unspecified atom stereocenters. The van der Waals surface area contributed by atoms with Crippen molar-refractivity contribution in [3.05, 3.63) is 22.8 Å². The van der Waals surface area contributed by atoms with Crippen molar-refractivity contribution < 1.29 is 0 Å². The minimum atomic E-state index is 0.462. The Labute approximate surface area is 136 Å². The maximum Gasteiger partial charge on any atom is 0.142 e. The van der Waals surface area contributed by atoms with Gasteiger partial charge in [-0.05, 0) is 24.9 Å². The zero-order chi connectivity index (χ0) is 14.8. The summed E-state index contributed by atoms with van der Waals surface area (Å²) in [5.74, 6) is 2.23. The van der Waals surface area contributed by atoms with Crippen molar-refractivity contribution in [1.29, 1.82) is 0 Å². The van der Waals surface area contributed by atoms with Crippen molar-refractivity contribution in [2.45, 2.75) is 62.3 Å². The number of aromatic nitrogens is 2. The smallest absolute Gasteiger partial charge is 0.142 e. The zero-order valence-corrected chi connectivity index (χ0v) is 14.8. The Hall–Kier alpha value is -0.260. The third-order valence-electron chi connectivity index (χ3n) is 4.37. The van der Waals surface area contributed by atoms with Crippen LogP contribution in [0.3, 0.4) is 0 Å². The Morgan fingerprint density at radius 2 is 2.10 bits per heavy atom. The van der Waals surface area contributed by atoms with E-state index >= 15 is 0 Å². The van der Waals surface area contributed by atoms with Crippen molar-refractivity contribution in [3.63, 3.8) is 0 Å². The molecule has 0 spiro atoms. The number of hydrogen-bond acceptors (Lipinski definition) is 5. The lowest BCUT2D eigenvalue weighted by Crippen LogP contribution is -2.29. The minimum Gasteiger partial charge on any atom is -0.311 e. The number of rotatable bonds is 3. The van der Waals surface area contributed by atoms with E-state index in [2.05, 4.69) is 49.6 Å². The zero-order valence-electron chi connectivity index (χ0n) is 13.2. The second-order valence-corrected chi connectivity index (χ2v) is 8.99. The molecule has 3 nitrogen and oxygen atoms in total. The average molecular weight is 324 g/mol. The van der Waals surface area contributed by atoms with Crippen molar-refractivity contribution >= 4 is 23.5 Å². The van der Waals surface area contributed by atoms with Crippen LogP contribution in [0.25, 0.3) is 0 Å². The van der Waals surface area contributed by atoms with Crippen LogP contribution in [0.5, 0.6) is 0 Å². The van der Waals surface area contributed by atoms with Crippen LogP contribution in [0.2, 0.25) is 0 Å². The molecule has 0 aromatic carbocycles. The quantitative estimate of drug-likeness (QED) is 0.923. The molecule has 0 bridgehead atoms. The number of fused-ring (bicyclic) bond motifs is 1. The largest absolute Gasteiger partial charge is 0.311 e. The molecule has 0 saturated carbocycles. The van der Waals surface area contributed by atoms with Crippen LogP contribution < -0.4 is 5.32 Å². The molecule has 1 aromatic rings. The molecule has 21 heavy (non-hydrogen) atoms. The summed E-state index contributed by atoms with van der Waals surface area (Å²) in [7, 11) is 0. The normalized spacial score (nSPS) is 29.2. The van der Waals surface area contributed by atoms with Gasteiger partial charge in [0.15, 0.2) is 0 Å². The molecule has 0 radical (unpaired) electrons. The third-order valence-corrected chi connectivity index (χ3v) is 7.75. The number of nitrogens with zero attached hydrogens (tertiary/aromatic N) is 2. The molecule has 3 atom stereocenters. The van der Waals surface area contributed by atoms with Gasteiger partial charge in [-0.15, -0.1) is 11.8 Å². The summed E-state index contributed by atoms with van der Waals surface area (Å²) in [4.78, 5) is 9.92. The fraction of sp³-hybridized carbons (Fsp3) is 0.750. The number of nitrogens with one attached hydrogen (secondary N) is 1. The number of aryl methyl sites for hydroxylation is 1. The van der Waals surface area contributed by atoms with E-state index in [1.807, 2.05) is 0 Å². The topological polar surface area (TPSA) is 37.8 Å². The lowest BCUT2D eigenvalue weighted by Gasteiger charge is -2.31. The van der Waals surface area contributed by atoms with Gasteiger partial charge in [0.1, 0.15) is 5.82 Å². The lowest BCUT2D eigenvalue weighted by molar-refractivity contribution is 0.605. The predicted octanol–water partition coefficient (Wildman–Crippen LogP) is 3.37. The highest BCUT2D eigenvalue weighted by atomic mass is 32.2. The average Bonchev–Trinajstić information content (AvgIpc) is 2.50. The second kappa shape index (κ2) is 6.88. The van der Waals surface area contributed by atoms with E-state index in [1.165, 1.54) is 17.0 Å². The van der Waals surface area contributed by atoms with Crippen LogP contribution in [0.15, 0.2) is 0 Å². The third kappa shape index (κ3) is 3.40. The van der Waals surface area contributed by atoms with Gasteiger partial charge in [0, 0.05) is 28.5 Å². The first kappa shape index (κ1) is 15.6. The van der Waals surface area contributed by atoms with Crippen LogP contribution in [-0.4, -0.2) is 32.8 Å². The van der Waals surface area contributed by atoms with Gasteiger partial charge in [-0.1, -0.05) is 27.2 Å². The Morgan fingerprint density at radius 3 is 2.86 bits per heavy atom. The molecule has 2 aliphatic rings. The van der Waals surface area contributed by atoms with Crippen LogP contribution in [0, 0.1) is 0 Å². The van der Waals surface area contributed by atoms with E-state index < -0.39 is 0 Å². The van der Waals surface area contributed by atoms with Gasteiger partial charge < -0.3 is 5.32 Å². The molecular weight excluding hydrogens is 298 g/mol. The standard InChI is InChI=1S/C16H25N3S2/c1-4-5-13-12-6-7-17-8-14(12)19-16(18-13)15-9-20-10(2)11(3)21-15/h10-11,15,17H,4-9H2,1-3H3. The fourth-order valence-electron chi connectivity index (χ4n) is 2.96. The summed E-state index contributed by atoms with van der Waals surface area (Å²) < 4.78 is 0. The van der Waals surface area contributed by atoms with Gasteiger partial charge >= 0.3 is 0 Å². The van der Waals surface area contributed by atoms with Gasteiger partial charge in [0.2, 0.25) is 0 Å². The van der Waals surface area contributed by atoms with Crippen LogP contribution in [0.1, 0.15) is 55.2 Å². The molecule has 3 heterocycles. The Bertz CT molecular complexity index is 507. The minimum absolute atomic E-state index is 0.462. The maximum atomic E-state index is 4.99. The lowest BCUT2D eigenvalue weighted by atomic mass is 10.0. The summed E-state index contributed by atoms with van der Waals surface area (Å²) in [6.45, 7) is 8.89. The molecule has 0 aliphatic carbocycles. The predicted molar refractivity (Wildman–Crippen MR) is 93.2 cm³/mol. The van der Waals surface area contributed by atoms with E-state index in [4.69, 9.17) is 9.97 Å². The van der Waals surface area contributed by atoms with E-state index in [9.17, 15) is 0 Å². The molecule has 1 aromatic heterocycles. The molecular formula is C16H25N3S2. The Kier molecular flexibility index (Phi) is 5.12. The molecule has 5 heteroatoms. The van der Waals surface area contributed by atoms with E-state index in [0.717, 1.165) is 49.2 Å². The number of thioether (sulfide) groups is 2. The summed E-state index contributed by atoms with van der Waals surface area (Å²) >= 11 is 4.13. The van der Waals surface area contributed by atoms with Gasteiger partial charge in [0.05, 0.1) is 10.9 Å². The van der Waals surface area contributed by atoms with Crippen molar-refractivity contribution in [3.8, 4) is 0 Å². The van der Waals surface area contributed by atoms with E-state index in [1.54, 1.807) is 0 Å². The molecule has 1 N–H and O–H groups in total. The van der Waals surface area contributed by atoms with Crippen molar-refractivity contribution in [1.82, 2.24) is 15.3 Å². The molecule has 116 valence electrons. The van der Waals surface area contributed by atoms with Crippen LogP contribution >= 0.6 is 23.5 Å². The highest BCUT2D eigenvalue weighted by molar-refractivity contribution is 8.07. The van der Waals surface area contributed by atoms with E-state index in [0.29, 0.717) is 10.5 Å². The first-order valence-corrected chi connectivity index (χ1v) is 10.0. The van der Waals surface area contributed by atoms with Crippen LogP contribution in [-0.2, 0) is 19.4 Å². The summed E-state index contributed by atoms with van der Waals surface area (Å²) in [5.41, 5.74) is 4.00. The maximum absolute atomic E-state index is 4.99. The highest BCUT2D eigenvalue weighted by Crippen LogP contribution is 2.43. The van der Waals surface area contributed by atoms with Gasteiger partial charge in [0.25, 0.3) is 0 Å². The molecule has 1 fully saturated rings. The van der Waals surface area contributed by atoms with Gasteiger partial charge in [-0.3, -0.25) is 0 Å². The first-order chi connectivity index (χ1) is 10.2. The molecule has 3 rings (SSSR count). The Balaban J connectivity index is 1.90. The molecule has 0 amide bonds. The second-order valence-electron chi connectivity index (χ2n) is 6.00. The van der Waals surface area contributed by atoms with Crippen LogP contribution in [0.4, 0.5) is 0 Å².